The predicted octanol–water partition coefficient (Wildman–Crippen LogP) is 10.7. The molecule has 1 heterocycles. The van der Waals surface area contributed by atoms with Crippen molar-refractivity contribution in [2.75, 3.05) is 0 Å². The van der Waals surface area contributed by atoms with Gasteiger partial charge in [0, 0.05) is 0 Å². The maximum absolute atomic E-state index is 7.44. The Morgan fingerprint density at radius 2 is 0.923 bits per heavy atom. The van der Waals surface area contributed by atoms with Gasteiger partial charge in [-0.15, -0.1) is 24.8 Å². The molecule has 2 saturated carbocycles. The smallest absolute Gasteiger partial charge is 0.147 e. The molecule has 39 heavy (non-hydrogen) atoms. The van der Waals surface area contributed by atoms with Gasteiger partial charge in [0.1, 0.15) is 0 Å². The molecule has 222 valence electrons. The first-order valence-corrected chi connectivity index (χ1v) is 27.3. The van der Waals surface area contributed by atoms with Crippen LogP contribution in [-0.2, 0) is 29.1 Å². The standard InChI is InChI=1S/2C15H25OSi.C2H4.2ClH.Zr/c2*1-15(2,3)17(4,5)16-14-10-12-8-6-7-9-13(12)11-14;1-2;;;/h2*6-10,12-14H,11H2,1-5H3;1-2H2;2*1H;. The summed E-state index contributed by atoms with van der Waals surface area (Å²) in [6, 6.07) is 0. The molecule has 0 radical (unpaired) electrons. The summed E-state index contributed by atoms with van der Waals surface area (Å²) in [5.74, 6) is 2.76. The van der Waals surface area contributed by atoms with Crippen molar-refractivity contribution < 1.29 is 29.1 Å². The molecule has 5 rings (SSSR count). The summed E-state index contributed by atoms with van der Waals surface area (Å²) in [5.41, 5.74) is 0. The minimum atomic E-state index is -2.63. The Morgan fingerprint density at radius 3 is 1.23 bits per heavy atom. The molecule has 0 amide bonds. The van der Waals surface area contributed by atoms with Crippen LogP contribution in [0, 0.1) is 23.7 Å². The third-order valence-electron chi connectivity index (χ3n) is 11.9. The molecule has 4 aliphatic carbocycles. The van der Waals surface area contributed by atoms with Gasteiger partial charge in [0.25, 0.3) is 0 Å². The van der Waals surface area contributed by atoms with Crippen molar-refractivity contribution >= 4 is 41.4 Å². The fourth-order valence-electron chi connectivity index (χ4n) is 7.80. The molecule has 0 aromatic heterocycles. The van der Waals surface area contributed by atoms with E-state index in [9.17, 15) is 0 Å². The van der Waals surface area contributed by atoms with Gasteiger partial charge in [-0.3, -0.25) is 0 Å². The van der Waals surface area contributed by atoms with Gasteiger partial charge in [-0.25, -0.2) is 0 Å². The Kier molecular flexibility index (Phi) is 10.3. The summed E-state index contributed by atoms with van der Waals surface area (Å²) in [6.07, 6.45) is 23.0. The van der Waals surface area contributed by atoms with E-state index >= 15 is 0 Å². The van der Waals surface area contributed by atoms with E-state index in [0.29, 0.717) is 35.9 Å². The van der Waals surface area contributed by atoms with E-state index in [1.807, 2.05) is 0 Å². The molecule has 8 unspecified atom stereocenters. The molecule has 0 N–H and O–H groups in total. The molecular formula is C32H56Cl2O2Si2Zr. The van der Waals surface area contributed by atoms with Crippen molar-refractivity contribution in [3.05, 3.63) is 48.6 Å². The zero-order valence-corrected chi connectivity index (χ0v) is 32.3. The van der Waals surface area contributed by atoms with Gasteiger partial charge in [-0.2, -0.15) is 0 Å². The van der Waals surface area contributed by atoms with Crippen LogP contribution in [-0.4, -0.2) is 28.8 Å². The number of allylic oxidation sites excluding steroid dienone is 8. The minimum absolute atomic E-state index is 0. The van der Waals surface area contributed by atoms with Crippen LogP contribution < -0.4 is 0 Å². The number of rotatable bonds is 6. The van der Waals surface area contributed by atoms with E-state index in [1.165, 1.54) is 12.8 Å². The molecule has 1 saturated heterocycles. The maximum atomic E-state index is 7.44. The molecule has 0 spiro atoms. The molecule has 3 fully saturated rings. The van der Waals surface area contributed by atoms with Crippen LogP contribution in [0.1, 0.15) is 54.4 Å². The Labute approximate surface area is 259 Å². The fourth-order valence-corrected chi connectivity index (χ4v) is 30.6. The molecule has 1 aliphatic heterocycles. The van der Waals surface area contributed by atoms with Crippen LogP contribution >= 0.6 is 24.8 Å². The Hall–Kier alpha value is 0.777. The molecule has 8 atom stereocenters. The van der Waals surface area contributed by atoms with Gasteiger partial charge in [0.15, 0.2) is 0 Å². The van der Waals surface area contributed by atoms with E-state index in [0.717, 1.165) is 7.25 Å². The summed E-state index contributed by atoms with van der Waals surface area (Å²) >= 11 is -2.63. The quantitative estimate of drug-likeness (QED) is 0.258. The van der Waals surface area contributed by atoms with E-state index < -0.39 is 36.9 Å². The van der Waals surface area contributed by atoms with Crippen LogP contribution in [0.2, 0.25) is 51.8 Å². The summed E-state index contributed by atoms with van der Waals surface area (Å²) < 4.78 is 19.6. The van der Waals surface area contributed by atoms with Crippen molar-refractivity contribution in [3.63, 3.8) is 0 Å². The molecule has 0 aromatic carbocycles. The molecule has 5 aliphatic rings. The molecular weight excluding hydrogens is 635 g/mol. The maximum Gasteiger partial charge on any atom is -0.147 e. The number of fused-ring (bicyclic) bond motifs is 2. The third-order valence-corrected chi connectivity index (χ3v) is 35.2. The minimum Gasteiger partial charge on any atom is -0.147 e. The van der Waals surface area contributed by atoms with Crippen molar-refractivity contribution in [2.24, 2.45) is 23.7 Å². The summed E-state index contributed by atoms with van der Waals surface area (Å²) in [5, 5.41) is 0.513. The van der Waals surface area contributed by atoms with E-state index in [-0.39, 0.29) is 34.9 Å². The number of halogens is 2. The monoisotopic (exact) mass is 688 g/mol. The molecule has 7 heteroatoms. The predicted molar refractivity (Wildman–Crippen MR) is 176 cm³/mol. The van der Waals surface area contributed by atoms with E-state index in [2.05, 4.69) is 116 Å². The summed E-state index contributed by atoms with van der Waals surface area (Å²) in [7, 11) is -3.69. The first-order chi connectivity index (χ1) is 17.1. The number of hydrogen-bond acceptors (Lipinski definition) is 2. The largest absolute Gasteiger partial charge is 0.147 e. The topological polar surface area (TPSA) is 18.5 Å². The van der Waals surface area contributed by atoms with Gasteiger partial charge in [-0.1, -0.05) is 0 Å². The molecule has 0 bridgehead atoms. The van der Waals surface area contributed by atoms with E-state index in [4.69, 9.17) is 8.85 Å². The Balaban J connectivity index is 0.00000210. The van der Waals surface area contributed by atoms with Crippen molar-refractivity contribution in [1.29, 1.82) is 0 Å². The van der Waals surface area contributed by atoms with Crippen LogP contribution in [0.3, 0.4) is 0 Å². The first kappa shape index (κ1) is 34.3. The van der Waals surface area contributed by atoms with E-state index in [1.54, 1.807) is 8.26 Å². The molecule has 0 aromatic rings. The van der Waals surface area contributed by atoms with Gasteiger partial charge >= 0.3 is 236 Å². The van der Waals surface area contributed by atoms with Crippen molar-refractivity contribution in [3.8, 4) is 0 Å². The van der Waals surface area contributed by atoms with Gasteiger partial charge in [-0.05, 0) is 0 Å². The van der Waals surface area contributed by atoms with Crippen molar-refractivity contribution in [1.82, 2.24) is 0 Å². The average molecular weight is 691 g/mol. The van der Waals surface area contributed by atoms with Crippen LogP contribution in [0.4, 0.5) is 0 Å². The second-order valence-electron chi connectivity index (χ2n) is 16.1. The SMILES string of the molecule is CC(C)(C)[Si](C)(C)OC1CC2C=CC=CC2[CH]1[Zr]1([CH]2C(O[Si](C)(C)C(C)(C)C)CC3C=CC=CC32)[CH2][CH2]1.Cl.Cl. The fraction of sp³-hybridized carbons (Fsp3) is 0.750. The zero-order chi connectivity index (χ0) is 27.0. The van der Waals surface area contributed by atoms with Gasteiger partial charge in [0.05, 0.1) is 0 Å². The zero-order valence-electron chi connectivity index (χ0n) is 26.2. The van der Waals surface area contributed by atoms with Crippen molar-refractivity contribution in [2.45, 2.75) is 118 Å². The van der Waals surface area contributed by atoms with Gasteiger partial charge in [0.2, 0.25) is 0 Å². The number of hydrogen-bond donors (Lipinski definition) is 0. The van der Waals surface area contributed by atoms with Crippen LogP contribution in [0.25, 0.3) is 0 Å². The second-order valence-corrected chi connectivity index (χ2v) is 37.4. The van der Waals surface area contributed by atoms with Gasteiger partial charge < -0.3 is 0 Å². The van der Waals surface area contributed by atoms with Crippen LogP contribution in [0.5, 0.6) is 0 Å². The second kappa shape index (κ2) is 11.7. The van der Waals surface area contributed by atoms with Crippen LogP contribution in [0.15, 0.2) is 48.6 Å². The first-order valence-electron chi connectivity index (χ1n) is 15.1. The summed E-state index contributed by atoms with van der Waals surface area (Å²) in [4.78, 5) is 0. The summed E-state index contributed by atoms with van der Waals surface area (Å²) in [6.45, 7) is 24.4. The average Bonchev–Trinajstić information content (AvgIpc) is 3.33. The third kappa shape index (κ3) is 6.23. The normalized spacial score (nSPS) is 36.7. The Bertz CT molecular complexity index is 927. The Morgan fingerprint density at radius 1 is 0.590 bits per heavy atom. The molecule has 2 nitrogen and oxygen atoms in total.